The van der Waals surface area contributed by atoms with Gasteiger partial charge in [-0.1, -0.05) is 258 Å². The van der Waals surface area contributed by atoms with Crippen molar-refractivity contribution in [3.63, 3.8) is 0 Å². The molecule has 0 saturated carbocycles. The molecular formula is C48H97NO4. The van der Waals surface area contributed by atoms with Gasteiger partial charge in [0.05, 0.1) is 18.8 Å². The third-order valence-electron chi connectivity index (χ3n) is 11.7. The van der Waals surface area contributed by atoms with E-state index in [0.717, 1.165) is 32.1 Å². The average Bonchev–Trinajstić information content (AvgIpc) is 3.16. The lowest BCUT2D eigenvalue weighted by atomic mass is 9.99. The summed E-state index contributed by atoms with van der Waals surface area (Å²) in [6.07, 6.45) is 50.8. The number of unbranched alkanes of at least 4 members (excludes halogenated alkanes) is 37. The maximum atomic E-state index is 12.5. The molecule has 0 aromatic rings. The van der Waals surface area contributed by atoms with E-state index in [0.29, 0.717) is 12.8 Å². The van der Waals surface area contributed by atoms with Crippen molar-refractivity contribution in [2.75, 3.05) is 6.61 Å². The summed E-state index contributed by atoms with van der Waals surface area (Å²) in [5.41, 5.74) is 0. The molecule has 0 aliphatic carbocycles. The molecule has 0 bridgehead atoms. The minimum atomic E-state index is -1.13. The highest BCUT2D eigenvalue weighted by atomic mass is 16.3. The summed E-state index contributed by atoms with van der Waals surface area (Å²) in [5, 5.41) is 33.6. The second-order valence-electron chi connectivity index (χ2n) is 17.0. The van der Waals surface area contributed by atoms with Crippen LogP contribution in [-0.4, -0.2) is 46.1 Å². The Bertz CT molecular complexity index is 703. The number of nitrogens with one attached hydrogen (secondary N) is 1. The summed E-state index contributed by atoms with van der Waals surface area (Å²) >= 11 is 0. The lowest BCUT2D eigenvalue weighted by molar-refractivity contribution is -0.124. The van der Waals surface area contributed by atoms with Crippen LogP contribution < -0.4 is 5.32 Å². The van der Waals surface area contributed by atoms with Gasteiger partial charge in [-0.15, -0.1) is 0 Å². The largest absolute Gasteiger partial charge is 0.394 e. The van der Waals surface area contributed by atoms with Crippen molar-refractivity contribution in [2.24, 2.45) is 0 Å². The van der Waals surface area contributed by atoms with Crippen LogP contribution in [0.1, 0.15) is 277 Å². The van der Waals surface area contributed by atoms with Crippen molar-refractivity contribution >= 4 is 5.91 Å². The second kappa shape index (κ2) is 44.1. The number of hydrogen-bond donors (Lipinski definition) is 4. The van der Waals surface area contributed by atoms with Crippen molar-refractivity contribution in [1.29, 1.82) is 0 Å². The van der Waals surface area contributed by atoms with Gasteiger partial charge in [0.1, 0.15) is 6.10 Å². The van der Waals surface area contributed by atoms with E-state index in [-0.39, 0.29) is 12.5 Å². The highest BCUT2D eigenvalue weighted by molar-refractivity contribution is 5.76. The van der Waals surface area contributed by atoms with Crippen LogP contribution in [0.3, 0.4) is 0 Å². The summed E-state index contributed by atoms with van der Waals surface area (Å²) in [7, 11) is 0. The maximum Gasteiger partial charge on any atom is 0.220 e. The summed E-state index contributed by atoms with van der Waals surface area (Å²) < 4.78 is 0. The zero-order valence-electron chi connectivity index (χ0n) is 36.2. The van der Waals surface area contributed by atoms with Crippen LogP contribution in [0, 0.1) is 0 Å². The minimum Gasteiger partial charge on any atom is -0.394 e. The van der Waals surface area contributed by atoms with Crippen molar-refractivity contribution in [3.05, 3.63) is 0 Å². The highest BCUT2D eigenvalue weighted by Crippen LogP contribution is 2.18. The molecule has 5 nitrogen and oxygen atoms in total. The van der Waals surface area contributed by atoms with Gasteiger partial charge in [-0.25, -0.2) is 0 Å². The SMILES string of the molecule is CCCCCCCCCCCCCCCCCCCCCCCCCC(=O)N[C@@H](CO)[C@H](O)[C@H](O)CCCCCCCCCCCCCCCCCC. The smallest absolute Gasteiger partial charge is 0.220 e. The molecule has 0 aliphatic rings. The molecule has 0 unspecified atom stereocenters. The predicted molar refractivity (Wildman–Crippen MR) is 232 cm³/mol. The minimum absolute atomic E-state index is 0.138. The quantitative estimate of drug-likeness (QED) is 0.0466. The number of hydrogen-bond acceptors (Lipinski definition) is 4. The molecule has 0 heterocycles. The topological polar surface area (TPSA) is 89.8 Å². The zero-order chi connectivity index (χ0) is 38.7. The molecule has 5 heteroatoms. The molecule has 0 aliphatic heterocycles. The van der Waals surface area contributed by atoms with E-state index in [2.05, 4.69) is 19.2 Å². The van der Waals surface area contributed by atoms with Crippen LogP contribution in [0.2, 0.25) is 0 Å². The summed E-state index contributed by atoms with van der Waals surface area (Å²) in [6.45, 7) is 4.21. The van der Waals surface area contributed by atoms with Gasteiger partial charge in [-0.05, 0) is 12.8 Å². The van der Waals surface area contributed by atoms with Crippen LogP contribution in [0.5, 0.6) is 0 Å². The number of carbonyl (C=O) groups excluding carboxylic acids is 1. The molecule has 0 radical (unpaired) electrons. The third kappa shape index (κ3) is 39.4. The van der Waals surface area contributed by atoms with E-state index < -0.39 is 18.2 Å². The first-order valence-corrected chi connectivity index (χ1v) is 24.3. The first kappa shape index (κ1) is 52.3. The van der Waals surface area contributed by atoms with Crippen molar-refractivity contribution in [2.45, 2.75) is 295 Å². The fourth-order valence-electron chi connectivity index (χ4n) is 7.93. The normalized spacial score (nSPS) is 13.4. The monoisotopic (exact) mass is 752 g/mol. The summed E-state index contributed by atoms with van der Waals surface area (Å²) in [6, 6.07) is -0.803. The van der Waals surface area contributed by atoms with E-state index in [1.807, 2.05) is 0 Å². The highest BCUT2D eigenvalue weighted by Gasteiger charge is 2.26. The Balaban J connectivity index is 3.53. The van der Waals surface area contributed by atoms with E-state index in [1.54, 1.807) is 0 Å². The van der Waals surface area contributed by atoms with Gasteiger partial charge in [-0.2, -0.15) is 0 Å². The molecule has 0 aromatic heterocycles. The zero-order valence-corrected chi connectivity index (χ0v) is 36.2. The second-order valence-corrected chi connectivity index (χ2v) is 17.0. The predicted octanol–water partition coefficient (Wildman–Crippen LogP) is 14.2. The number of carbonyl (C=O) groups is 1. The van der Waals surface area contributed by atoms with Crippen LogP contribution >= 0.6 is 0 Å². The van der Waals surface area contributed by atoms with Gasteiger partial charge in [0.25, 0.3) is 0 Å². The van der Waals surface area contributed by atoms with Crippen LogP contribution in [0.15, 0.2) is 0 Å². The molecule has 0 aromatic carbocycles. The molecule has 1 amide bonds. The third-order valence-corrected chi connectivity index (χ3v) is 11.7. The van der Waals surface area contributed by atoms with Gasteiger partial charge in [-0.3, -0.25) is 4.79 Å². The number of amides is 1. The standard InChI is InChI=1S/C48H97NO4/c1-3-5-7-9-11-13-15-17-19-21-22-23-24-25-26-27-29-31-33-35-37-39-41-43-47(52)49-45(44-50)48(53)46(51)42-40-38-36-34-32-30-28-20-18-16-14-12-10-8-6-4-2/h45-46,48,50-51,53H,3-44H2,1-2H3,(H,49,52)/t45-,46+,48-/m0/s1. The molecular weight excluding hydrogens is 655 g/mol. The van der Waals surface area contributed by atoms with Crippen molar-refractivity contribution in [3.8, 4) is 0 Å². The van der Waals surface area contributed by atoms with Crippen molar-refractivity contribution in [1.82, 2.24) is 5.32 Å². The summed E-state index contributed by atoms with van der Waals surface area (Å²) in [4.78, 5) is 12.5. The lowest BCUT2D eigenvalue weighted by Crippen LogP contribution is -2.50. The van der Waals surface area contributed by atoms with Crippen LogP contribution in [-0.2, 0) is 4.79 Å². The van der Waals surface area contributed by atoms with Crippen molar-refractivity contribution < 1.29 is 20.1 Å². The summed E-state index contributed by atoms with van der Waals surface area (Å²) in [5.74, 6) is -0.138. The molecule has 3 atom stereocenters. The van der Waals surface area contributed by atoms with Gasteiger partial charge in [0.2, 0.25) is 5.91 Å². The Morgan fingerprint density at radius 1 is 0.396 bits per heavy atom. The first-order chi connectivity index (χ1) is 26.1. The fourth-order valence-corrected chi connectivity index (χ4v) is 7.93. The van der Waals surface area contributed by atoms with Crippen LogP contribution in [0.4, 0.5) is 0 Å². The molecule has 53 heavy (non-hydrogen) atoms. The number of aliphatic hydroxyl groups is 3. The van der Waals surface area contributed by atoms with E-state index >= 15 is 0 Å². The molecule has 4 N–H and O–H groups in total. The maximum absolute atomic E-state index is 12.5. The van der Waals surface area contributed by atoms with Gasteiger partial charge < -0.3 is 20.6 Å². The van der Waals surface area contributed by atoms with Gasteiger partial charge >= 0.3 is 0 Å². The Morgan fingerprint density at radius 2 is 0.642 bits per heavy atom. The fraction of sp³-hybridized carbons (Fsp3) is 0.979. The van der Waals surface area contributed by atoms with Gasteiger partial charge in [0.15, 0.2) is 0 Å². The molecule has 0 spiro atoms. The van der Waals surface area contributed by atoms with E-state index in [1.165, 1.54) is 218 Å². The Kier molecular flexibility index (Phi) is 43.5. The van der Waals surface area contributed by atoms with Gasteiger partial charge in [0, 0.05) is 6.42 Å². The molecule has 0 saturated heterocycles. The first-order valence-electron chi connectivity index (χ1n) is 24.3. The lowest BCUT2D eigenvalue weighted by Gasteiger charge is -2.26. The average molecular weight is 752 g/mol. The van der Waals surface area contributed by atoms with E-state index in [9.17, 15) is 20.1 Å². The Hall–Kier alpha value is -0.650. The van der Waals surface area contributed by atoms with Crippen LogP contribution in [0.25, 0.3) is 0 Å². The Labute approximate surface area is 332 Å². The molecule has 0 fully saturated rings. The van der Waals surface area contributed by atoms with E-state index in [4.69, 9.17) is 0 Å². The number of rotatable bonds is 45. The molecule has 0 rings (SSSR count). The molecule has 318 valence electrons. The number of aliphatic hydroxyl groups excluding tert-OH is 3. The Morgan fingerprint density at radius 3 is 0.906 bits per heavy atom.